The molecule has 0 unspecified atom stereocenters. The minimum absolute atomic E-state index is 0.166. The first kappa shape index (κ1) is 13.4. The summed E-state index contributed by atoms with van der Waals surface area (Å²) < 4.78 is 5.60. The number of nitrogens with one attached hydrogen (secondary N) is 1. The van der Waals surface area contributed by atoms with Crippen LogP contribution in [0, 0.1) is 6.92 Å². The monoisotopic (exact) mass is 286 g/mol. The Balaban J connectivity index is 1.95. The van der Waals surface area contributed by atoms with Crippen LogP contribution in [0.25, 0.3) is 0 Å². The third-order valence-electron chi connectivity index (χ3n) is 3.43. The number of aromatic nitrogens is 2. The van der Waals surface area contributed by atoms with Crippen molar-refractivity contribution in [3.05, 3.63) is 51.6 Å². The molecule has 1 heterocycles. The molecule has 0 bridgehead atoms. The molecule has 1 aliphatic carbocycles. The molecule has 0 radical (unpaired) electrons. The van der Waals surface area contributed by atoms with E-state index in [-0.39, 0.29) is 17.0 Å². The fourth-order valence-corrected chi connectivity index (χ4v) is 2.13. The van der Waals surface area contributed by atoms with Crippen molar-refractivity contribution in [1.82, 2.24) is 9.97 Å². The van der Waals surface area contributed by atoms with E-state index >= 15 is 0 Å². The van der Waals surface area contributed by atoms with E-state index in [4.69, 9.17) is 9.84 Å². The minimum Gasteiger partial charge on any atom is -0.478 e. The highest BCUT2D eigenvalue weighted by Gasteiger charge is 2.26. The lowest BCUT2D eigenvalue weighted by molar-refractivity contribution is 0.0695. The Morgan fingerprint density at radius 2 is 2.19 bits per heavy atom. The van der Waals surface area contributed by atoms with Crippen molar-refractivity contribution in [3.63, 3.8) is 0 Å². The molecule has 108 valence electrons. The van der Waals surface area contributed by atoms with Gasteiger partial charge in [0.05, 0.1) is 11.6 Å². The van der Waals surface area contributed by atoms with Crippen molar-refractivity contribution in [2.45, 2.75) is 25.7 Å². The van der Waals surface area contributed by atoms with Crippen LogP contribution in [0.1, 0.15) is 40.5 Å². The maximum atomic E-state index is 11.6. The predicted octanol–water partition coefficient (Wildman–Crippen LogP) is 2.45. The van der Waals surface area contributed by atoms with Crippen LogP contribution in [-0.4, -0.2) is 21.0 Å². The second-order valence-electron chi connectivity index (χ2n) is 5.08. The van der Waals surface area contributed by atoms with Crippen molar-refractivity contribution in [2.75, 3.05) is 0 Å². The Morgan fingerprint density at radius 1 is 1.43 bits per heavy atom. The highest BCUT2D eigenvalue weighted by molar-refractivity contribution is 5.90. The molecule has 1 fully saturated rings. The SMILES string of the molecule is Cc1c(Oc2cc(=O)[nH]c(C3CC3)n2)cccc1C(=O)O. The number of H-pyrrole nitrogens is 1. The average Bonchev–Trinajstić information content (AvgIpc) is 3.24. The number of ether oxygens (including phenoxy) is 1. The van der Waals surface area contributed by atoms with E-state index in [9.17, 15) is 9.59 Å². The summed E-state index contributed by atoms with van der Waals surface area (Å²) in [4.78, 5) is 29.7. The summed E-state index contributed by atoms with van der Waals surface area (Å²) in [7, 11) is 0. The van der Waals surface area contributed by atoms with E-state index in [0.29, 0.717) is 23.1 Å². The molecule has 1 aromatic carbocycles. The number of carboxylic acids is 1. The maximum absolute atomic E-state index is 11.6. The minimum atomic E-state index is -1.02. The standard InChI is InChI=1S/C15H14N2O4/c1-8-10(15(19)20)3-2-4-11(8)21-13-7-12(18)16-14(17-13)9-5-6-9/h2-4,7,9H,5-6H2,1H3,(H,19,20)(H,16,17,18). The lowest BCUT2D eigenvalue weighted by Crippen LogP contribution is -2.10. The van der Waals surface area contributed by atoms with Crippen LogP contribution in [-0.2, 0) is 0 Å². The fraction of sp³-hybridized carbons (Fsp3) is 0.267. The predicted molar refractivity (Wildman–Crippen MR) is 75.0 cm³/mol. The smallest absolute Gasteiger partial charge is 0.336 e. The normalized spacial score (nSPS) is 14.0. The number of nitrogens with zero attached hydrogens (tertiary/aromatic N) is 1. The van der Waals surface area contributed by atoms with Gasteiger partial charge in [0.15, 0.2) is 0 Å². The van der Waals surface area contributed by atoms with Crippen molar-refractivity contribution in [3.8, 4) is 11.6 Å². The molecule has 1 aromatic heterocycles. The van der Waals surface area contributed by atoms with Gasteiger partial charge in [0.1, 0.15) is 11.6 Å². The average molecular weight is 286 g/mol. The molecule has 21 heavy (non-hydrogen) atoms. The van der Waals surface area contributed by atoms with Gasteiger partial charge in [-0.2, -0.15) is 4.98 Å². The van der Waals surface area contributed by atoms with Crippen LogP contribution < -0.4 is 10.3 Å². The molecule has 2 N–H and O–H groups in total. The fourth-order valence-electron chi connectivity index (χ4n) is 2.13. The summed E-state index contributed by atoms with van der Waals surface area (Å²) in [6.45, 7) is 1.66. The zero-order valence-corrected chi connectivity index (χ0v) is 11.4. The largest absolute Gasteiger partial charge is 0.478 e. The van der Waals surface area contributed by atoms with Gasteiger partial charge >= 0.3 is 5.97 Å². The molecule has 0 spiro atoms. The molecule has 0 atom stereocenters. The van der Waals surface area contributed by atoms with E-state index in [1.165, 1.54) is 12.1 Å². The van der Waals surface area contributed by atoms with Crippen LogP contribution in [0.4, 0.5) is 0 Å². The summed E-state index contributed by atoms with van der Waals surface area (Å²) in [6.07, 6.45) is 2.03. The molecule has 1 aliphatic rings. The Kier molecular flexibility index (Phi) is 3.21. The van der Waals surface area contributed by atoms with Crippen molar-refractivity contribution < 1.29 is 14.6 Å². The number of hydrogen-bond acceptors (Lipinski definition) is 4. The molecule has 1 saturated carbocycles. The van der Waals surface area contributed by atoms with E-state index < -0.39 is 5.97 Å². The lowest BCUT2D eigenvalue weighted by Gasteiger charge is -2.10. The topological polar surface area (TPSA) is 92.3 Å². The number of aromatic amines is 1. The number of carbonyl (C=O) groups is 1. The molecule has 0 amide bonds. The van der Waals surface area contributed by atoms with Crippen LogP contribution >= 0.6 is 0 Å². The van der Waals surface area contributed by atoms with Gasteiger partial charge < -0.3 is 14.8 Å². The Morgan fingerprint density at radius 3 is 2.86 bits per heavy atom. The Labute approximate surface area is 120 Å². The highest BCUT2D eigenvalue weighted by atomic mass is 16.5. The van der Waals surface area contributed by atoms with E-state index in [1.54, 1.807) is 19.1 Å². The van der Waals surface area contributed by atoms with Crippen molar-refractivity contribution >= 4 is 5.97 Å². The zero-order valence-electron chi connectivity index (χ0n) is 11.4. The molecule has 6 heteroatoms. The van der Waals surface area contributed by atoms with Crippen molar-refractivity contribution in [2.24, 2.45) is 0 Å². The molecule has 2 aromatic rings. The maximum Gasteiger partial charge on any atom is 0.336 e. The van der Waals surface area contributed by atoms with Crippen LogP contribution in [0.2, 0.25) is 0 Å². The molecule has 0 aliphatic heterocycles. The Hall–Kier alpha value is -2.63. The molecule has 3 rings (SSSR count). The van der Waals surface area contributed by atoms with E-state index in [0.717, 1.165) is 12.8 Å². The first-order chi connectivity index (χ1) is 10.0. The summed E-state index contributed by atoms with van der Waals surface area (Å²) >= 11 is 0. The second-order valence-corrected chi connectivity index (χ2v) is 5.08. The number of aromatic carboxylic acids is 1. The first-order valence-electron chi connectivity index (χ1n) is 6.66. The zero-order chi connectivity index (χ0) is 15.0. The van der Waals surface area contributed by atoms with Gasteiger partial charge in [-0.3, -0.25) is 4.79 Å². The quantitative estimate of drug-likeness (QED) is 0.900. The number of carboxylic acid groups (broad SMARTS) is 1. The van der Waals surface area contributed by atoms with Gasteiger partial charge in [-0.05, 0) is 31.9 Å². The van der Waals surface area contributed by atoms with Gasteiger partial charge in [-0.1, -0.05) is 6.07 Å². The van der Waals surface area contributed by atoms with Crippen LogP contribution in [0.3, 0.4) is 0 Å². The number of rotatable bonds is 4. The van der Waals surface area contributed by atoms with Gasteiger partial charge in [-0.15, -0.1) is 0 Å². The molecular weight excluding hydrogens is 272 g/mol. The number of hydrogen-bond donors (Lipinski definition) is 2. The third kappa shape index (κ3) is 2.79. The summed E-state index contributed by atoms with van der Waals surface area (Å²) in [5.74, 6) is 0.480. The van der Waals surface area contributed by atoms with Gasteiger partial charge in [0.25, 0.3) is 5.56 Å². The second kappa shape index (κ2) is 5.05. The highest BCUT2D eigenvalue weighted by Crippen LogP contribution is 2.38. The lowest BCUT2D eigenvalue weighted by atomic mass is 10.1. The Bertz CT molecular complexity index is 763. The first-order valence-corrected chi connectivity index (χ1v) is 6.66. The number of benzene rings is 1. The molecule has 0 saturated heterocycles. The summed E-state index contributed by atoms with van der Waals surface area (Å²) in [5, 5.41) is 9.10. The van der Waals surface area contributed by atoms with E-state index in [1.807, 2.05) is 0 Å². The summed E-state index contributed by atoms with van der Waals surface area (Å²) in [5.41, 5.74) is 0.397. The third-order valence-corrected chi connectivity index (χ3v) is 3.43. The van der Waals surface area contributed by atoms with Gasteiger partial charge in [0, 0.05) is 11.5 Å². The van der Waals surface area contributed by atoms with Crippen molar-refractivity contribution in [1.29, 1.82) is 0 Å². The van der Waals surface area contributed by atoms with E-state index in [2.05, 4.69) is 9.97 Å². The molecular formula is C15H14N2O4. The van der Waals surface area contributed by atoms with Crippen LogP contribution in [0.5, 0.6) is 11.6 Å². The molecule has 6 nitrogen and oxygen atoms in total. The summed E-state index contributed by atoms with van der Waals surface area (Å²) in [6, 6.07) is 6.02. The van der Waals surface area contributed by atoms with Crippen LogP contribution in [0.15, 0.2) is 29.1 Å². The van der Waals surface area contributed by atoms with Gasteiger partial charge in [0.2, 0.25) is 5.88 Å². The van der Waals surface area contributed by atoms with Gasteiger partial charge in [-0.25, -0.2) is 4.79 Å².